The van der Waals surface area contributed by atoms with Crippen molar-refractivity contribution in [3.63, 3.8) is 0 Å². The van der Waals surface area contributed by atoms with Crippen molar-refractivity contribution < 1.29 is 27.6 Å². The van der Waals surface area contributed by atoms with E-state index in [2.05, 4.69) is 11.5 Å². The van der Waals surface area contributed by atoms with Gasteiger partial charge >= 0.3 is 6.18 Å². The van der Waals surface area contributed by atoms with Crippen LogP contribution in [0.15, 0.2) is 35.9 Å². The molecule has 3 amide bonds. The van der Waals surface area contributed by atoms with Crippen LogP contribution in [0.5, 0.6) is 0 Å². The van der Waals surface area contributed by atoms with Crippen LogP contribution in [-0.2, 0) is 15.8 Å². The third-order valence-electron chi connectivity index (χ3n) is 6.70. The van der Waals surface area contributed by atoms with Gasteiger partial charge in [0.1, 0.15) is 0 Å². The van der Waals surface area contributed by atoms with E-state index in [0.29, 0.717) is 5.92 Å². The number of nitrogens with zero attached hydrogens (tertiary/aromatic N) is 1. The molecular weight excluding hydrogens is 373 g/mol. The molecule has 5 aliphatic rings. The number of imide groups is 1. The Bertz CT molecular complexity index is 929. The second-order valence-corrected chi connectivity index (χ2v) is 8.03. The van der Waals surface area contributed by atoms with E-state index in [4.69, 9.17) is 0 Å². The molecule has 1 aromatic rings. The van der Waals surface area contributed by atoms with Crippen LogP contribution in [0.1, 0.15) is 41.6 Å². The first-order chi connectivity index (χ1) is 13.2. The number of piperidine rings is 1. The smallest absolute Gasteiger partial charge is 0.272 e. The third kappa shape index (κ3) is 2.17. The molecular formula is C20H17F3N2O3. The Balaban J connectivity index is 1.37. The maximum atomic E-state index is 13.1. The molecule has 5 nitrogen and oxygen atoms in total. The largest absolute Gasteiger partial charge is 0.416 e. The number of amides is 3. The molecule has 1 aromatic carbocycles. The average Bonchev–Trinajstić information content (AvgIpc) is 3.33. The van der Waals surface area contributed by atoms with Gasteiger partial charge in [0, 0.05) is 5.56 Å². The van der Waals surface area contributed by atoms with Crippen LogP contribution in [0.4, 0.5) is 13.2 Å². The van der Waals surface area contributed by atoms with Gasteiger partial charge in [0.25, 0.3) is 17.7 Å². The Labute approximate surface area is 158 Å². The molecule has 0 radical (unpaired) electrons. The topological polar surface area (TPSA) is 66.5 Å². The summed E-state index contributed by atoms with van der Waals surface area (Å²) in [6, 6.07) is 3.65. The van der Waals surface area contributed by atoms with E-state index < -0.39 is 40.8 Å². The van der Waals surface area contributed by atoms with Crippen LogP contribution in [0.2, 0.25) is 0 Å². The number of halogens is 3. The average molecular weight is 390 g/mol. The Kier molecular flexibility index (Phi) is 3.40. The summed E-state index contributed by atoms with van der Waals surface area (Å²) in [5.74, 6) is -1.57. The Hall–Kier alpha value is -2.64. The Morgan fingerprint density at radius 1 is 1.07 bits per heavy atom. The van der Waals surface area contributed by atoms with E-state index in [1.807, 2.05) is 0 Å². The van der Waals surface area contributed by atoms with Gasteiger partial charge in [-0.2, -0.15) is 18.2 Å². The van der Waals surface area contributed by atoms with Gasteiger partial charge in [0.05, 0.1) is 16.9 Å². The molecule has 3 fully saturated rings. The van der Waals surface area contributed by atoms with Crippen molar-refractivity contribution in [3.05, 3.63) is 47.0 Å². The van der Waals surface area contributed by atoms with Gasteiger partial charge in [-0.05, 0) is 67.4 Å². The number of hydrogen-bond donors (Lipinski definition) is 1. The maximum absolute atomic E-state index is 13.1. The van der Waals surface area contributed by atoms with Crippen molar-refractivity contribution in [3.8, 4) is 0 Å². The highest BCUT2D eigenvalue weighted by Crippen LogP contribution is 2.72. The van der Waals surface area contributed by atoms with Crippen molar-refractivity contribution in [1.29, 1.82) is 0 Å². The summed E-state index contributed by atoms with van der Waals surface area (Å²) in [4.78, 5) is 38.3. The van der Waals surface area contributed by atoms with Gasteiger partial charge in [-0.25, -0.2) is 0 Å². The number of carbonyl (C=O) groups is 3. The zero-order chi connectivity index (χ0) is 19.8. The highest BCUT2D eigenvalue weighted by atomic mass is 19.4. The van der Waals surface area contributed by atoms with E-state index in [0.717, 1.165) is 60.5 Å². The van der Waals surface area contributed by atoms with Crippen LogP contribution < -0.4 is 5.43 Å². The number of alkyl halides is 3. The molecule has 146 valence electrons. The molecule has 2 bridgehead atoms. The summed E-state index contributed by atoms with van der Waals surface area (Å²) in [5, 5.41) is 0.778. The predicted octanol–water partition coefficient (Wildman–Crippen LogP) is 3.08. The molecule has 0 aromatic heterocycles. The Morgan fingerprint density at radius 2 is 1.71 bits per heavy atom. The van der Waals surface area contributed by atoms with Gasteiger partial charge in [0.15, 0.2) is 0 Å². The lowest BCUT2D eigenvalue weighted by Gasteiger charge is -2.29. The summed E-state index contributed by atoms with van der Waals surface area (Å²) < 4.78 is 38.0. The number of benzene rings is 1. The first-order valence-corrected chi connectivity index (χ1v) is 9.33. The summed E-state index contributed by atoms with van der Waals surface area (Å²) in [7, 11) is 0. The molecule has 4 aliphatic carbocycles. The standard InChI is InChI=1S/C20H17F3N2O3/c21-20(22,23)13-7-3-11(4-8-13)16(26)24-25-17(27)15-14-9-10-1-5-12(6-2-10)19(14,15)18(25)28/h3-4,7-10,12,15H,1-2,5-6H2,(H,24,26)/t10?,12?,15-,19+/m1/s1. The molecule has 1 saturated heterocycles. The van der Waals surface area contributed by atoms with Crippen molar-refractivity contribution in [2.24, 2.45) is 23.2 Å². The second-order valence-electron chi connectivity index (χ2n) is 8.03. The number of rotatable bonds is 2. The van der Waals surface area contributed by atoms with Gasteiger partial charge < -0.3 is 0 Å². The molecule has 6 rings (SSSR count). The zero-order valence-electron chi connectivity index (χ0n) is 14.8. The molecule has 8 heteroatoms. The van der Waals surface area contributed by atoms with Crippen LogP contribution in [-0.4, -0.2) is 22.7 Å². The minimum absolute atomic E-state index is 0.0516. The van der Waals surface area contributed by atoms with E-state index in [1.54, 1.807) is 0 Å². The number of fused-ring (bicyclic) bond motifs is 2. The summed E-state index contributed by atoms with van der Waals surface area (Å²) in [6.45, 7) is 0. The van der Waals surface area contributed by atoms with Crippen molar-refractivity contribution in [1.82, 2.24) is 10.4 Å². The van der Waals surface area contributed by atoms with Crippen molar-refractivity contribution in [2.45, 2.75) is 31.9 Å². The monoisotopic (exact) mass is 390 g/mol. The molecule has 1 aliphatic heterocycles. The number of hydrogen-bond acceptors (Lipinski definition) is 3. The van der Waals surface area contributed by atoms with E-state index in [9.17, 15) is 27.6 Å². The lowest BCUT2D eigenvalue weighted by Crippen LogP contribution is -2.49. The number of nitrogens with one attached hydrogen (secondary N) is 1. The van der Waals surface area contributed by atoms with Gasteiger partial charge in [-0.15, -0.1) is 0 Å². The van der Waals surface area contributed by atoms with Crippen molar-refractivity contribution >= 4 is 17.7 Å². The number of carbonyl (C=O) groups excluding carboxylic acids is 3. The van der Waals surface area contributed by atoms with Crippen LogP contribution in [0.25, 0.3) is 0 Å². The molecule has 1 N–H and O–H groups in total. The molecule has 2 atom stereocenters. The quantitative estimate of drug-likeness (QED) is 0.624. The minimum Gasteiger partial charge on any atom is -0.272 e. The lowest BCUT2D eigenvalue weighted by atomic mass is 9.75. The summed E-state index contributed by atoms with van der Waals surface area (Å²) in [5.41, 5.74) is 1.50. The molecule has 1 spiro atoms. The number of hydrazine groups is 1. The highest BCUT2D eigenvalue weighted by Gasteiger charge is 2.79. The SMILES string of the molecule is O=C(NN1C(=O)[C@H]2C3=CC4CCC(CC4)[C@]32C1=O)c1ccc(C(F)(F)F)cc1. The van der Waals surface area contributed by atoms with Crippen LogP contribution >= 0.6 is 0 Å². The lowest BCUT2D eigenvalue weighted by molar-refractivity contribution is -0.145. The molecule has 2 saturated carbocycles. The number of allylic oxidation sites excluding steroid dienone is 1. The first kappa shape index (κ1) is 17.5. The minimum atomic E-state index is -4.50. The second kappa shape index (κ2) is 5.46. The normalized spacial score (nSPS) is 33.2. The van der Waals surface area contributed by atoms with E-state index in [-0.39, 0.29) is 11.5 Å². The van der Waals surface area contributed by atoms with Crippen LogP contribution in [0.3, 0.4) is 0 Å². The highest BCUT2D eigenvalue weighted by molar-refractivity contribution is 6.18. The van der Waals surface area contributed by atoms with Gasteiger partial charge in [-0.3, -0.25) is 19.8 Å². The fraction of sp³-hybridized carbons (Fsp3) is 0.450. The van der Waals surface area contributed by atoms with Crippen molar-refractivity contribution in [2.75, 3.05) is 0 Å². The van der Waals surface area contributed by atoms with Gasteiger partial charge in [0.2, 0.25) is 0 Å². The predicted molar refractivity (Wildman–Crippen MR) is 90.2 cm³/mol. The maximum Gasteiger partial charge on any atom is 0.416 e. The fourth-order valence-electron chi connectivity index (χ4n) is 5.32. The first-order valence-electron chi connectivity index (χ1n) is 9.33. The van der Waals surface area contributed by atoms with Gasteiger partial charge in [-0.1, -0.05) is 6.08 Å². The molecule has 0 unspecified atom stereocenters. The molecule has 1 heterocycles. The summed E-state index contributed by atoms with van der Waals surface area (Å²) in [6.07, 6.45) is 1.39. The Morgan fingerprint density at radius 3 is 2.32 bits per heavy atom. The van der Waals surface area contributed by atoms with E-state index >= 15 is 0 Å². The fourth-order valence-corrected chi connectivity index (χ4v) is 5.32. The van der Waals surface area contributed by atoms with E-state index in [1.165, 1.54) is 0 Å². The van der Waals surface area contributed by atoms with Crippen LogP contribution in [0, 0.1) is 23.2 Å². The molecule has 28 heavy (non-hydrogen) atoms. The zero-order valence-corrected chi connectivity index (χ0v) is 14.8. The third-order valence-corrected chi connectivity index (χ3v) is 6.70. The summed E-state index contributed by atoms with van der Waals surface area (Å²) >= 11 is 0.